The van der Waals surface area contributed by atoms with Gasteiger partial charge in [-0.2, -0.15) is 4.98 Å². The summed E-state index contributed by atoms with van der Waals surface area (Å²) >= 11 is 8.89. The first kappa shape index (κ1) is 11.3. The van der Waals surface area contributed by atoms with Gasteiger partial charge in [-0.15, -0.1) is 0 Å². The Labute approximate surface area is 104 Å². The van der Waals surface area contributed by atoms with E-state index in [-0.39, 0.29) is 30.2 Å². The standard InChI is InChI=1S/C8H6BrClN4O2/c9-4-1-11-8(10)13-7(4)14-2-5(15)12-6(16)3-14/h1H,2-3H2,(H,12,15,16). The molecule has 1 aliphatic rings. The Kier molecular flexibility index (Phi) is 3.06. The van der Waals surface area contributed by atoms with Gasteiger partial charge in [0.25, 0.3) is 0 Å². The Morgan fingerprint density at radius 1 is 1.38 bits per heavy atom. The molecule has 0 aromatic carbocycles. The molecule has 6 nitrogen and oxygen atoms in total. The van der Waals surface area contributed by atoms with Gasteiger partial charge in [-0.05, 0) is 27.5 Å². The van der Waals surface area contributed by atoms with Gasteiger partial charge < -0.3 is 4.90 Å². The average Bonchev–Trinajstić information content (AvgIpc) is 2.20. The lowest BCUT2D eigenvalue weighted by molar-refractivity contribution is -0.130. The molecular weight excluding hydrogens is 299 g/mol. The van der Waals surface area contributed by atoms with Gasteiger partial charge in [-0.25, -0.2) is 4.98 Å². The monoisotopic (exact) mass is 304 g/mol. The van der Waals surface area contributed by atoms with Crippen molar-refractivity contribution >= 4 is 45.2 Å². The van der Waals surface area contributed by atoms with Gasteiger partial charge in [0.2, 0.25) is 17.1 Å². The van der Waals surface area contributed by atoms with Gasteiger partial charge in [-0.1, -0.05) is 0 Å². The third-order valence-corrected chi connectivity index (χ3v) is 2.69. The third-order valence-electron chi connectivity index (χ3n) is 1.94. The van der Waals surface area contributed by atoms with Crippen LogP contribution in [0.2, 0.25) is 5.28 Å². The molecule has 2 heterocycles. The molecule has 2 rings (SSSR count). The fourth-order valence-corrected chi connectivity index (χ4v) is 1.92. The van der Waals surface area contributed by atoms with Crippen molar-refractivity contribution in [3.63, 3.8) is 0 Å². The quantitative estimate of drug-likeness (QED) is 0.599. The molecule has 0 bridgehead atoms. The van der Waals surface area contributed by atoms with Crippen molar-refractivity contribution in [2.24, 2.45) is 0 Å². The second-order valence-corrected chi connectivity index (χ2v) is 4.33. The third kappa shape index (κ3) is 2.30. The molecule has 8 heteroatoms. The van der Waals surface area contributed by atoms with E-state index in [9.17, 15) is 9.59 Å². The largest absolute Gasteiger partial charge is 0.337 e. The normalized spacial score (nSPS) is 16.2. The molecule has 16 heavy (non-hydrogen) atoms. The van der Waals surface area contributed by atoms with E-state index in [4.69, 9.17) is 11.6 Å². The van der Waals surface area contributed by atoms with Crippen LogP contribution in [0.1, 0.15) is 0 Å². The highest BCUT2D eigenvalue weighted by molar-refractivity contribution is 9.10. The second-order valence-electron chi connectivity index (χ2n) is 3.14. The zero-order valence-electron chi connectivity index (χ0n) is 7.91. The molecule has 84 valence electrons. The first-order valence-electron chi connectivity index (χ1n) is 4.32. The molecule has 2 amide bonds. The summed E-state index contributed by atoms with van der Waals surface area (Å²) < 4.78 is 0.583. The molecule has 1 aromatic heterocycles. The first-order chi connectivity index (χ1) is 7.56. The summed E-state index contributed by atoms with van der Waals surface area (Å²) in [6.07, 6.45) is 1.47. The van der Waals surface area contributed by atoms with E-state index >= 15 is 0 Å². The minimum atomic E-state index is -0.363. The number of carbonyl (C=O) groups is 2. The van der Waals surface area contributed by atoms with Gasteiger partial charge in [0, 0.05) is 6.20 Å². The maximum absolute atomic E-state index is 11.2. The molecule has 1 saturated heterocycles. The van der Waals surface area contributed by atoms with E-state index in [0.717, 1.165) is 0 Å². The molecule has 0 radical (unpaired) electrons. The van der Waals surface area contributed by atoms with Crippen LogP contribution in [0, 0.1) is 0 Å². The topological polar surface area (TPSA) is 75.2 Å². The Hall–Kier alpha value is -1.21. The van der Waals surface area contributed by atoms with E-state index in [1.165, 1.54) is 11.1 Å². The Morgan fingerprint density at radius 3 is 2.62 bits per heavy atom. The summed E-state index contributed by atoms with van der Waals surface area (Å²) in [7, 11) is 0. The smallest absolute Gasteiger partial charge is 0.246 e. The van der Waals surface area contributed by atoms with Gasteiger partial charge in [0.1, 0.15) is 5.82 Å². The number of carbonyl (C=O) groups excluding carboxylic acids is 2. The number of nitrogens with zero attached hydrogens (tertiary/aromatic N) is 3. The van der Waals surface area contributed by atoms with Crippen LogP contribution in [0.25, 0.3) is 0 Å². The number of rotatable bonds is 1. The minimum Gasteiger partial charge on any atom is -0.337 e. The molecule has 0 saturated carbocycles. The van der Waals surface area contributed by atoms with E-state index in [2.05, 4.69) is 31.2 Å². The molecule has 0 atom stereocenters. The summed E-state index contributed by atoms with van der Waals surface area (Å²) in [4.78, 5) is 31.6. The van der Waals surface area contributed by atoms with Crippen molar-refractivity contribution < 1.29 is 9.59 Å². The number of aromatic nitrogens is 2. The second kappa shape index (κ2) is 4.34. The minimum absolute atomic E-state index is 0.0663. The SMILES string of the molecule is O=C1CN(c2nc(Cl)ncc2Br)CC(=O)N1. The molecule has 1 aliphatic heterocycles. The summed E-state index contributed by atoms with van der Waals surface area (Å²) in [5.74, 6) is -0.293. The number of amides is 2. The van der Waals surface area contributed by atoms with Crippen molar-refractivity contribution in [1.29, 1.82) is 0 Å². The summed E-state index contributed by atoms with van der Waals surface area (Å²) in [6, 6.07) is 0. The zero-order chi connectivity index (χ0) is 11.7. The highest BCUT2D eigenvalue weighted by Crippen LogP contribution is 2.24. The molecule has 1 aromatic rings. The number of hydrogen-bond donors (Lipinski definition) is 1. The molecule has 0 spiro atoms. The average molecular weight is 306 g/mol. The number of piperazine rings is 1. The van der Waals surface area contributed by atoms with Crippen LogP contribution in [0.3, 0.4) is 0 Å². The van der Waals surface area contributed by atoms with Crippen molar-refractivity contribution in [3.8, 4) is 0 Å². The van der Waals surface area contributed by atoms with Crippen LogP contribution in [0.5, 0.6) is 0 Å². The zero-order valence-corrected chi connectivity index (χ0v) is 10.2. The summed E-state index contributed by atoms with van der Waals surface area (Å²) in [5.41, 5.74) is 0. The van der Waals surface area contributed by atoms with Gasteiger partial charge in [0.05, 0.1) is 17.6 Å². The number of hydrogen-bond acceptors (Lipinski definition) is 5. The highest BCUT2D eigenvalue weighted by Gasteiger charge is 2.25. The predicted octanol–water partition coefficient (Wildman–Crippen LogP) is 0.355. The number of imide groups is 1. The Bertz CT molecular complexity index is 451. The maximum Gasteiger partial charge on any atom is 0.246 e. The lowest BCUT2D eigenvalue weighted by Crippen LogP contribution is -2.51. The van der Waals surface area contributed by atoms with Crippen LogP contribution in [0.4, 0.5) is 5.82 Å². The summed E-state index contributed by atoms with van der Waals surface area (Å²) in [6.45, 7) is 0.134. The number of anilines is 1. The Morgan fingerprint density at radius 2 is 2.00 bits per heavy atom. The maximum atomic E-state index is 11.2. The molecule has 1 fully saturated rings. The predicted molar refractivity (Wildman–Crippen MR) is 60.1 cm³/mol. The van der Waals surface area contributed by atoms with Crippen molar-refractivity contribution in [2.45, 2.75) is 0 Å². The molecule has 0 aliphatic carbocycles. The molecular formula is C8H6BrClN4O2. The lowest BCUT2D eigenvalue weighted by Gasteiger charge is -2.26. The highest BCUT2D eigenvalue weighted by atomic mass is 79.9. The van der Waals surface area contributed by atoms with Crippen LogP contribution >= 0.6 is 27.5 Å². The lowest BCUT2D eigenvalue weighted by atomic mass is 10.3. The molecule has 1 N–H and O–H groups in total. The fraction of sp³-hybridized carbons (Fsp3) is 0.250. The van der Waals surface area contributed by atoms with E-state index in [0.29, 0.717) is 10.3 Å². The van der Waals surface area contributed by atoms with Gasteiger partial charge in [-0.3, -0.25) is 14.9 Å². The van der Waals surface area contributed by atoms with E-state index < -0.39 is 0 Å². The Balaban J connectivity index is 2.32. The van der Waals surface area contributed by atoms with Crippen LogP contribution < -0.4 is 10.2 Å². The van der Waals surface area contributed by atoms with Crippen molar-refractivity contribution in [1.82, 2.24) is 15.3 Å². The molecule has 0 unspecified atom stereocenters. The van der Waals surface area contributed by atoms with Gasteiger partial charge >= 0.3 is 0 Å². The number of nitrogens with one attached hydrogen (secondary N) is 1. The van der Waals surface area contributed by atoms with E-state index in [1.807, 2.05) is 0 Å². The van der Waals surface area contributed by atoms with Crippen molar-refractivity contribution in [3.05, 3.63) is 16.0 Å². The van der Waals surface area contributed by atoms with Crippen LogP contribution in [-0.2, 0) is 9.59 Å². The number of halogens is 2. The van der Waals surface area contributed by atoms with Crippen LogP contribution in [-0.4, -0.2) is 34.9 Å². The first-order valence-corrected chi connectivity index (χ1v) is 5.49. The van der Waals surface area contributed by atoms with Gasteiger partial charge in [0.15, 0.2) is 0 Å². The van der Waals surface area contributed by atoms with Crippen molar-refractivity contribution in [2.75, 3.05) is 18.0 Å². The van der Waals surface area contributed by atoms with Crippen LogP contribution in [0.15, 0.2) is 10.7 Å². The van der Waals surface area contributed by atoms with E-state index in [1.54, 1.807) is 0 Å². The summed E-state index contributed by atoms with van der Waals surface area (Å²) in [5, 5.41) is 2.27. The fourth-order valence-electron chi connectivity index (χ4n) is 1.35.